The van der Waals surface area contributed by atoms with Gasteiger partial charge >= 0.3 is 0 Å². The third-order valence-corrected chi connectivity index (χ3v) is 4.94. The second kappa shape index (κ2) is 6.39. The number of hydrogen-bond acceptors (Lipinski definition) is 5. The third-order valence-electron chi connectivity index (χ3n) is 4.94. The molecule has 1 saturated carbocycles. The summed E-state index contributed by atoms with van der Waals surface area (Å²) in [6.45, 7) is 4.34. The van der Waals surface area contributed by atoms with Crippen LogP contribution in [0.3, 0.4) is 0 Å². The molecule has 1 aliphatic carbocycles. The normalized spacial score (nSPS) is 20.7. The van der Waals surface area contributed by atoms with E-state index in [0.717, 1.165) is 12.3 Å². The van der Waals surface area contributed by atoms with Crippen LogP contribution in [-0.2, 0) is 11.3 Å². The molecule has 0 aromatic carbocycles. The van der Waals surface area contributed by atoms with Gasteiger partial charge in [0.05, 0.1) is 36.9 Å². The molecule has 1 unspecified atom stereocenters. The van der Waals surface area contributed by atoms with E-state index >= 15 is 0 Å². The van der Waals surface area contributed by atoms with E-state index in [0.29, 0.717) is 31.3 Å². The molecule has 4 rings (SSSR count). The molecule has 2 aromatic rings. The number of aryl methyl sites for hydroxylation is 1. The quantitative estimate of drug-likeness (QED) is 0.840. The zero-order valence-electron chi connectivity index (χ0n) is 13.9. The summed E-state index contributed by atoms with van der Waals surface area (Å²) in [6, 6.07) is 1.76. The van der Waals surface area contributed by atoms with Crippen LogP contribution >= 0.6 is 0 Å². The number of nitrogens with zero attached hydrogens (tertiary/aromatic N) is 4. The van der Waals surface area contributed by atoms with Crippen LogP contribution in [0.15, 0.2) is 23.1 Å². The molecule has 1 aliphatic heterocycles. The Kier molecular flexibility index (Phi) is 4.10. The summed E-state index contributed by atoms with van der Waals surface area (Å²) in [6.07, 6.45) is 7.51. The van der Waals surface area contributed by atoms with E-state index in [9.17, 15) is 4.79 Å². The summed E-state index contributed by atoms with van der Waals surface area (Å²) in [7, 11) is 0. The van der Waals surface area contributed by atoms with Crippen molar-refractivity contribution in [3.05, 3.63) is 35.7 Å². The first kappa shape index (κ1) is 15.4. The molecule has 128 valence electrons. The van der Waals surface area contributed by atoms with Crippen molar-refractivity contribution >= 4 is 5.91 Å². The lowest BCUT2D eigenvalue weighted by molar-refractivity contribution is 0.0296. The number of carbonyl (C=O) groups excluding carboxylic acids is 1. The van der Waals surface area contributed by atoms with Gasteiger partial charge < -0.3 is 18.7 Å². The fourth-order valence-corrected chi connectivity index (χ4v) is 3.32. The lowest BCUT2D eigenvalue weighted by Crippen LogP contribution is -2.42. The molecule has 0 radical (unpaired) electrons. The maximum absolute atomic E-state index is 12.6. The zero-order valence-corrected chi connectivity index (χ0v) is 13.9. The Bertz CT molecular complexity index is 719. The first-order valence-corrected chi connectivity index (χ1v) is 8.52. The molecule has 0 bridgehead atoms. The van der Waals surface area contributed by atoms with E-state index in [1.54, 1.807) is 11.0 Å². The Morgan fingerprint density at radius 1 is 1.42 bits per heavy atom. The Labute approximate surface area is 140 Å². The van der Waals surface area contributed by atoms with E-state index < -0.39 is 0 Å². The van der Waals surface area contributed by atoms with Crippen LogP contribution in [0.1, 0.15) is 47.2 Å². The predicted octanol–water partition coefficient (Wildman–Crippen LogP) is 2.19. The van der Waals surface area contributed by atoms with Gasteiger partial charge in [-0.15, -0.1) is 0 Å². The van der Waals surface area contributed by atoms with Gasteiger partial charge in [0.15, 0.2) is 0 Å². The summed E-state index contributed by atoms with van der Waals surface area (Å²) in [4.78, 5) is 18.7. The van der Waals surface area contributed by atoms with Crippen molar-refractivity contribution in [3.8, 4) is 0 Å². The SMILES string of the molecule is Cc1cc(C(=O)N2Cc3cncn3C(COCC3CCC3)C2)on1. The summed E-state index contributed by atoms with van der Waals surface area (Å²) in [5.74, 6) is 0.868. The van der Waals surface area contributed by atoms with Crippen LogP contribution in [0.25, 0.3) is 0 Å². The Hall–Kier alpha value is -2.15. The second-order valence-electron chi connectivity index (χ2n) is 6.80. The van der Waals surface area contributed by atoms with Crippen LogP contribution in [-0.4, -0.2) is 45.3 Å². The minimum absolute atomic E-state index is 0.0873. The Balaban J connectivity index is 1.44. The van der Waals surface area contributed by atoms with Crippen molar-refractivity contribution in [1.82, 2.24) is 19.6 Å². The Morgan fingerprint density at radius 2 is 2.29 bits per heavy atom. The van der Waals surface area contributed by atoms with Crippen molar-refractivity contribution in [2.45, 2.75) is 38.8 Å². The van der Waals surface area contributed by atoms with Crippen LogP contribution in [0.4, 0.5) is 0 Å². The highest BCUT2D eigenvalue weighted by molar-refractivity contribution is 5.91. The number of amides is 1. The van der Waals surface area contributed by atoms with Gasteiger partial charge in [0.25, 0.3) is 5.91 Å². The predicted molar refractivity (Wildman–Crippen MR) is 85.4 cm³/mol. The number of fused-ring (bicyclic) bond motifs is 1. The van der Waals surface area contributed by atoms with E-state index in [1.807, 2.05) is 19.4 Å². The highest BCUT2D eigenvalue weighted by Gasteiger charge is 2.30. The number of hydrogen-bond donors (Lipinski definition) is 0. The van der Waals surface area contributed by atoms with Gasteiger partial charge in [0.1, 0.15) is 0 Å². The highest BCUT2D eigenvalue weighted by atomic mass is 16.5. The van der Waals surface area contributed by atoms with Crippen molar-refractivity contribution in [2.24, 2.45) is 5.92 Å². The van der Waals surface area contributed by atoms with Crippen molar-refractivity contribution in [2.75, 3.05) is 19.8 Å². The zero-order chi connectivity index (χ0) is 16.5. The molecule has 7 heteroatoms. The van der Waals surface area contributed by atoms with Crippen LogP contribution in [0, 0.1) is 12.8 Å². The maximum atomic E-state index is 12.6. The van der Waals surface area contributed by atoms with Crippen molar-refractivity contribution in [3.63, 3.8) is 0 Å². The van der Waals surface area contributed by atoms with Gasteiger partial charge in [-0.25, -0.2) is 4.98 Å². The average molecular weight is 330 g/mol. The summed E-state index contributed by atoms with van der Waals surface area (Å²) >= 11 is 0. The van der Waals surface area contributed by atoms with Gasteiger partial charge in [-0.05, 0) is 25.7 Å². The van der Waals surface area contributed by atoms with E-state index in [2.05, 4.69) is 14.7 Å². The summed E-state index contributed by atoms with van der Waals surface area (Å²) in [5.41, 5.74) is 1.73. The van der Waals surface area contributed by atoms with Gasteiger partial charge in [0.2, 0.25) is 5.76 Å². The minimum atomic E-state index is -0.132. The first-order valence-electron chi connectivity index (χ1n) is 8.52. The molecule has 3 heterocycles. The number of imidazole rings is 1. The molecule has 0 saturated heterocycles. The second-order valence-corrected chi connectivity index (χ2v) is 6.80. The molecule has 1 amide bonds. The fourth-order valence-electron chi connectivity index (χ4n) is 3.32. The van der Waals surface area contributed by atoms with Gasteiger partial charge in [-0.3, -0.25) is 4.79 Å². The third kappa shape index (κ3) is 2.96. The average Bonchev–Trinajstić information content (AvgIpc) is 3.17. The molecule has 1 fully saturated rings. The van der Waals surface area contributed by atoms with E-state index in [1.165, 1.54) is 19.3 Å². The molecule has 2 aromatic heterocycles. The van der Waals surface area contributed by atoms with Crippen molar-refractivity contribution < 1.29 is 14.1 Å². The molecular weight excluding hydrogens is 308 g/mol. The van der Waals surface area contributed by atoms with E-state index in [4.69, 9.17) is 9.26 Å². The molecular formula is C17H22N4O3. The van der Waals surface area contributed by atoms with Crippen molar-refractivity contribution in [1.29, 1.82) is 0 Å². The molecule has 0 N–H and O–H groups in total. The lowest BCUT2D eigenvalue weighted by atomic mass is 9.86. The standard InChI is InChI=1S/C17H22N4O3/c1-12-5-16(24-19-12)17(22)20-7-14-6-18-11-21(14)15(8-20)10-23-9-13-3-2-4-13/h5-6,11,13,15H,2-4,7-10H2,1H3. The molecule has 1 atom stereocenters. The topological polar surface area (TPSA) is 73.4 Å². The van der Waals surface area contributed by atoms with Gasteiger partial charge in [-0.2, -0.15) is 0 Å². The molecule has 0 spiro atoms. The maximum Gasteiger partial charge on any atom is 0.292 e. The number of rotatable bonds is 5. The number of aromatic nitrogens is 3. The fraction of sp³-hybridized carbons (Fsp3) is 0.588. The smallest absolute Gasteiger partial charge is 0.292 e. The van der Waals surface area contributed by atoms with Gasteiger partial charge in [0, 0.05) is 25.4 Å². The summed E-state index contributed by atoms with van der Waals surface area (Å²) < 4.78 is 13.2. The lowest BCUT2D eigenvalue weighted by Gasteiger charge is -2.34. The molecule has 2 aliphatic rings. The largest absolute Gasteiger partial charge is 0.379 e. The van der Waals surface area contributed by atoms with E-state index in [-0.39, 0.29) is 17.7 Å². The highest BCUT2D eigenvalue weighted by Crippen LogP contribution is 2.27. The van der Waals surface area contributed by atoms with Gasteiger partial charge in [-0.1, -0.05) is 11.6 Å². The first-order chi connectivity index (χ1) is 11.7. The van der Waals surface area contributed by atoms with Crippen LogP contribution in [0.5, 0.6) is 0 Å². The molecule has 7 nitrogen and oxygen atoms in total. The monoisotopic (exact) mass is 330 g/mol. The Morgan fingerprint density at radius 3 is 3.00 bits per heavy atom. The number of carbonyl (C=O) groups is 1. The van der Waals surface area contributed by atoms with Crippen LogP contribution in [0.2, 0.25) is 0 Å². The summed E-state index contributed by atoms with van der Waals surface area (Å²) in [5, 5.41) is 3.81. The number of ether oxygens (including phenoxy) is 1. The molecule has 24 heavy (non-hydrogen) atoms. The van der Waals surface area contributed by atoms with Crippen LogP contribution < -0.4 is 0 Å². The minimum Gasteiger partial charge on any atom is -0.379 e.